The third kappa shape index (κ3) is 2.23. The summed E-state index contributed by atoms with van der Waals surface area (Å²) in [4.78, 5) is 6.02. The monoisotopic (exact) mass is 245 g/mol. The lowest BCUT2D eigenvalue weighted by Gasteiger charge is -2.25. The van der Waals surface area contributed by atoms with Gasteiger partial charge in [-0.3, -0.25) is 0 Å². The second-order valence-corrected chi connectivity index (χ2v) is 6.54. The van der Waals surface area contributed by atoms with Crippen LogP contribution in [0, 0.1) is 11.8 Å². The zero-order valence-corrected chi connectivity index (χ0v) is 11.4. The summed E-state index contributed by atoms with van der Waals surface area (Å²) in [7, 11) is 0. The molecule has 0 aliphatic heterocycles. The van der Waals surface area contributed by atoms with Gasteiger partial charge >= 0.3 is 0 Å². The lowest BCUT2D eigenvalue weighted by atomic mass is 9.82. The molecule has 1 aliphatic rings. The topological polar surface area (TPSA) is 12.9 Å². The van der Waals surface area contributed by atoms with E-state index in [1.807, 2.05) is 0 Å². The smallest absolute Gasteiger partial charge is 0.123 e. The number of aromatic nitrogens is 1. The lowest BCUT2D eigenvalue weighted by Crippen LogP contribution is -2.17. The van der Waals surface area contributed by atoms with Crippen molar-refractivity contribution in [3.05, 3.63) is 28.8 Å². The molecule has 0 fully saturated rings. The average Bonchev–Trinajstić information content (AvgIpc) is 2.72. The summed E-state index contributed by atoms with van der Waals surface area (Å²) in [5.41, 5.74) is 2.87. The second-order valence-electron chi connectivity index (χ2n) is 5.65. The molecule has 0 spiro atoms. The standard InChI is InChI=1S/C15H19NS/c1-10(2)7-11-3-4-14-13(8-11)9-12-5-6-17-15(12)16-14/h5-6,9-11H,3-4,7-8H2,1-2H3. The van der Waals surface area contributed by atoms with E-state index < -0.39 is 0 Å². The highest BCUT2D eigenvalue weighted by Gasteiger charge is 2.21. The molecular weight excluding hydrogens is 226 g/mol. The minimum Gasteiger partial charge on any atom is -0.242 e. The van der Waals surface area contributed by atoms with Crippen LogP contribution < -0.4 is 0 Å². The van der Waals surface area contributed by atoms with Crippen LogP contribution in [0.25, 0.3) is 10.2 Å². The van der Waals surface area contributed by atoms with Crippen LogP contribution in [-0.4, -0.2) is 4.98 Å². The first-order valence-electron chi connectivity index (χ1n) is 6.58. The number of pyridine rings is 1. The summed E-state index contributed by atoms with van der Waals surface area (Å²) in [6, 6.07) is 4.57. The van der Waals surface area contributed by atoms with Crippen LogP contribution in [-0.2, 0) is 12.8 Å². The van der Waals surface area contributed by atoms with Crippen molar-refractivity contribution in [2.45, 2.75) is 39.5 Å². The third-order valence-electron chi connectivity index (χ3n) is 3.71. The maximum Gasteiger partial charge on any atom is 0.123 e. The number of thiophene rings is 1. The van der Waals surface area contributed by atoms with Crippen LogP contribution in [0.5, 0.6) is 0 Å². The van der Waals surface area contributed by atoms with Gasteiger partial charge in [-0.15, -0.1) is 11.3 Å². The summed E-state index contributed by atoms with van der Waals surface area (Å²) < 4.78 is 0. The fraction of sp³-hybridized carbons (Fsp3) is 0.533. The van der Waals surface area contributed by atoms with E-state index in [1.165, 1.54) is 47.2 Å². The van der Waals surface area contributed by atoms with E-state index in [0.29, 0.717) is 0 Å². The Kier molecular flexibility index (Phi) is 2.91. The zero-order chi connectivity index (χ0) is 11.8. The predicted molar refractivity (Wildman–Crippen MR) is 74.6 cm³/mol. The molecule has 90 valence electrons. The molecule has 0 N–H and O–H groups in total. The van der Waals surface area contributed by atoms with E-state index in [1.54, 1.807) is 11.3 Å². The minimum atomic E-state index is 0.819. The molecule has 3 rings (SSSR count). The molecule has 0 saturated heterocycles. The van der Waals surface area contributed by atoms with Crippen molar-refractivity contribution in [2.75, 3.05) is 0 Å². The Hall–Kier alpha value is -0.890. The van der Waals surface area contributed by atoms with Crippen LogP contribution in [0.4, 0.5) is 0 Å². The van der Waals surface area contributed by atoms with E-state index in [0.717, 1.165) is 11.8 Å². The molecule has 1 aliphatic carbocycles. The van der Waals surface area contributed by atoms with Gasteiger partial charge in [-0.1, -0.05) is 13.8 Å². The SMILES string of the molecule is CC(C)CC1CCc2nc3sccc3cc2C1. The van der Waals surface area contributed by atoms with Gasteiger partial charge in [-0.05, 0) is 60.6 Å². The number of hydrogen-bond donors (Lipinski definition) is 0. The Bertz CT molecular complexity index is 527. The molecular formula is C15H19NS. The van der Waals surface area contributed by atoms with Gasteiger partial charge in [0.05, 0.1) is 0 Å². The fourth-order valence-electron chi connectivity index (χ4n) is 2.99. The quantitative estimate of drug-likeness (QED) is 0.762. The summed E-state index contributed by atoms with van der Waals surface area (Å²) in [6.07, 6.45) is 5.11. The molecule has 1 nitrogen and oxygen atoms in total. The Balaban J connectivity index is 1.90. The van der Waals surface area contributed by atoms with Gasteiger partial charge < -0.3 is 0 Å². The molecule has 0 aromatic carbocycles. The van der Waals surface area contributed by atoms with Crippen molar-refractivity contribution in [2.24, 2.45) is 11.8 Å². The molecule has 2 aromatic heterocycles. The van der Waals surface area contributed by atoms with Gasteiger partial charge in [0, 0.05) is 11.1 Å². The Morgan fingerprint density at radius 2 is 2.35 bits per heavy atom. The predicted octanol–water partition coefficient (Wildman–Crippen LogP) is 4.45. The number of nitrogens with zero attached hydrogens (tertiary/aromatic N) is 1. The first-order valence-corrected chi connectivity index (χ1v) is 7.46. The maximum absolute atomic E-state index is 4.81. The normalized spacial score (nSPS) is 19.8. The van der Waals surface area contributed by atoms with Crippen molar-refractivity contribution in [1.29, 1.82) is 0 Å². The molecule has 1 unspecified atom stereocenters. The van der Waals surface area contributed by atoms with Crippen molar-refractivity contribution in [1.82, 2.24) is 4.98 Å². The molecule has 0 bridgehead atoms. The van der Waals surface area contributed by atoms with Gasteiger partial charge in [0.25, 0.3) is 0 Å². The highest BCUT2D eigenvalue weighted by molar-refractivity contribution is 7.16. The summed E-state index contributed by atoms with van der Waals surface area (Å²) in [5.74, 6) is 1.69. The van der Waals surface area contributed by atoms with Crippen LogP contribution in [0.3, 0.4) is 0 Å². The van der Waals surface area contributed by atoms with Gasteiger partial charge in [-0.2, -0.15) is 0 Å². The summed E-state index contributed by atoms with van der Waals surface area (Å²) in [5, 5.41) is 3.48. The van der Waals surface area contributed by atoms with E-state index in [-0.39, 0.29) is 0 Å². The van der Waals surface area contributed by atoms with E-state index in [2.05, 4.69) is 31.4 Å². The van der Waals surface area contributed by atoms with Crippen molar-refractivity contribution in [3.63, 3.8) is 0 Å². The Labute approximate surface area is 107 Å². The minimum absolute atomic E-state index is 0.819. The molecule has 0 amide bonds. The number of hydrogen-bond acceptors (Lipinski definition) is 2. The average molecular weight is 245 g/mol. The number of aryl methyl sites for hydroxylation is 1. The molecule has 0 radical (unpaired) electrons. The highest BCUT2D eigenvalue weighted by Crippen LogP contribution is 2.31. The summed E-state index contributed by atoms with van der Waals surface area (Å²) in [6.45, 7) is 4.66. The molecule has 17 heavy (non-hydrogen) atoms. The van der Waals surface area contributed by atoms with Gasteiger partial charge in [0.2, 0.25) is 0 Å². The molecule has 2 heteroatoms. The van der Waals surface area contributed by atoms with Gasteiger partial charge in [0.15, 0.2) is 0 Å². The van der Waals surface area contributed by atoms with Crippen LogP contribution in [0.15, 0.2) is 17.5 Å². The van der Waals surface area contributed by atoms with E-state index >= 15 is 0 Å². The largest absolute Gasteiger partial charge is 0.242 e. The highest BCUT2D eigenvalue weighted by atomic mass is 32.1. The van der Waals surface area contributed by atoms with E-state index in [9.17, 15) is 0 Å². The number of rotatable bonds is 2. The van der Waals surface area contributed by atoms with Crippen molar-refractivity contribution in [3.8, 4) is 0 Å². The van der Waals surface area contributed by atoms with Crippen LogP contribution in [0.2, 0.25) is 0 Å². The second kappa shape index (κ2) is 4.41. The maximum atomic E-state index is 4.81. The van der Waals surface area contributed by atoms with Crippen molar-refractivity contribution >= 4 is 21.6 Å². The first-order chi connectivity index (χ1) is 8.22. The molecule has 2 heterocycles. The van der Waals surface area contributed by atoms with Crippen LogP contribution >= 0.6 is 11.3 Å². The van der Waals surface area contributed by atoms with Crippen LogP contribution in [0.1, 0.15) is 37.9 Å². The zero-order valence-electron chi connectivity index (χ0n) is 10.6. The van der Waals surface area contributed by atoms with Gasteiger partial charge in [-0.25, -0.2) is 4.98 Å². The molecule has 0 saturated carbocycles. The lowest BCUT2D eigenvalue weighted by molar-refractivity contribution is 0.367. The van der Waals surface area contributed by atoms with Crippen molar-refractivity contribution < 1.29 is 0 Å². The van der Waals surface area contributed by atoms with Gasteiger partial charge in [0.1, 0.15) is 4.83 Å². The Morgan fingerprint density at radius 1 is 1.47 bits per heavy atom. The number of fused-ring (bicyclic) bond motifs is 2. The summed E-state index contributed by atoms with van der Waals surface area (Å²) >= 11 is 1.76. The molecule has 1 atom stereocenters. The van der Waals surface area contributed by atoms with E-state index in [4.69, 9.17) is 4.98 Å². The Morgan fingerprint density at radius 3 is 3.18 bits per heavy atom. The fourth-order valence-corrected chi connectivity index (χ4v) is 3.76. The first kappa shape index (κ1) is 11.2. The molecule has 2 aromatic rings. The third-order valence-corrected chi connectivity index (χ3v) is 4.54.